The molecule has 0 bridgehead atoms. The van der Waals surface area contributed by atoms with E-state index in [1.165, 1.54) is 5.56 Å². The fourth-order valence-electron chi connectivity index (χ4n) is 4.54. The molecule has 0 aromatic heterocycles. The van der Waals surface area contributed by atoms with Gasteiger partial charge in [-0.05, 0) is 11.1 Å². The fourth-order valence-corrected chi connectivity index (χ4v) is 4.54. The van der Waals surface area contributed by atoms with Gasteiger partial charge < -0.3 is 15.4 Å². The molecule has 0 radical (unpaired) electrons. The first kappa shape index (κ1) is 25.3. The highest BCUT2D eigenvalue weighted by Crippen LogP contribution is 2.10. The molecule has 4 rings (SSSR count). The molecule has 2 fully saturated rings. The monoisotopic (exact) mass is 479 g/mol. The van der Waals surface area contributed by atoms with Crippen LogP contribution >= 0.6 is 0 Å². The smallest absolute Gasteiger partial charge is 0.234 e. The Hall–Kier alpha value is -2.78. The van der Waals surface area contributed by atoms with E-state index in [1.807, 2.05) is 36.4 Å². The summed E-state index contributed by atoms with van der Waals surface area (Å²) in [7, 11) is 0. The molecule has 1 unspecified atom stereocenters. The fraction of sp³-hybridized carbons (Fsp3) is 0.481. The summed E-state index contributed by atoms with van der Waals surface area (Å²) in [6.45, 7) is 8.32. The third kappa shape index (κ3) is 8.74. The van der Waals surface area contributed by atoms with Crippen LogP contribution in [-0.2, 0) is 27.4 Å². The molecule has 8 heteroatoms. The van der Waals surface area contributed by atoms with Gasteiger partial charge in [0.15, 0.2) is 0 Å². The molecule has 0 saturated carbocycles. The van der Waals surface area contributed by atoms with Gasteiger partial charge in [-0.15, -0.1) is 0 Å². The molecule has 2 aliphatic rings. The first-order valence-electron chi connectivity index (χ1n) is 12.5. The maximum absolute atomic E-state index is 12.5. The van der Waals surface area contributed by atoms with Gasteiger partial charge in [0.05, 0.1) is 25.8 Å². The number of nitrogens with one attached hydrogen (secondary N) is 2. The number of benzene rings is 2. The zero-order valence-electron chi connectivity index (χ0n) is 20.4. The molecule has 0 aliphatic carbocycles. The van der Waals surface area contributed by atoms with Crippen molar-refractivity contribution in [2.24, 2.45) is 0 Å². The maximum atomic E-state index is 12.5. The second-order valence-electron chi connectivity index (χ2n) is 9.33. The van der Waals surface area contributed by atoms with Crippen LogP contribution in [-0.4, -0.2) is 98.1 Å². The predicted octanol–water partition coefficient (Wildman–Crippen LogP) is 0.938. The highest BCUT2D eigenvalue weighted by Gasteiger charge is 2.23. The zero-order valence-corrected chi connectivity index (χ0v) is 20.4. The zero-order chi connectivity index (χ0) is 24.3. The van der Waals surface area contributed by atoms with Crippen molar-refractivity contribution >= 4 is 11.8 Å². The molecular weight excluding hydrogens is 442 g/mol. The number of hydrogen-bond donors (Lipinski definition) is 2. The van der Waals surface area contributed by atoms with Gasteiger partial charge in [0.1, 0.15) is 0 Å². The third-order valence-corrected chi connectivity index (χ3v) is 6.53. The quantitative estimate of drug-likeness (QED) is 0.528. The van der Waals surface area contributed by atoms with Crippen LogP contribution in [0.15, 0.2) is 60.7 Å². The van der Waals surface area contributed by atoms with Crippen LogP contribution in [0.5, 0.6) is 0 Å². The average molecular weight is 480 g/mol. The Morgan fingerprint density at radius 3 is 1.94 bits per heavy atom. The molecule has 188 valence electrons. The normalized spacial score (nSPS) is 19.8. The molecule has 2 aromatic carbocycles. The van der Waals surface area contributed by atoms with E-state index in [4.69, 9.17) is 4.74 Å². The lowest BCUT2D eigenvalue weighted by Gasteiger charge is -2.34. The Morgan fingerprint density at radius 1 is 0.743 bits per heavy atom. The summed E-state index contributed by atoms with van der Waals surface area (Å²) in [4.78, 5) is 31.4. The molecule has 2 aliphatic heterocycles. The summed E-state index contributed by atoms with van der Waals surface area (Å²) < 4.78 is 5.87. The van der Waals surface area contributed by atoms with Crippen molar-refractivity contribution < 1.29 is 14.3 Å². The summed E-state index contributed by atoms with van der Waals surface area (Å²) in [5.41, 5.74) is 2.39. The molecule has 2 amide bonds. The van der Waals surface area contributed by atoms with Gasteiger partial charge >= 0.3 is 0 Å². The molecule has 0 spiro atoms. The Morgan fingerprint density at radius 2 is 1.31 bits per heavy atom. The van der Waals surface area contributed by atoms with Gasteiger partial charge in [-0.1, -0.05) is 60.7 Å². The number of piperazine rings is 1. The Labute approximate surface area is 208 Å². The first-order valence-corrected chi connectivity index (χ1v) is 12.5. The second kappa shape index (κ2) is 13.3. The van der Waals surface area contributed by atoms with Crippen molar-refractivity contribution in [3.05, 3.63) is 71.8 Å². The number of nitrogens with zero attached hydrogens (tertiary/aromatic N) is 3. The summed E-state index contributed by atoms with van der Waals surface area (Å²) in [5.74, 6) is 0.0664. The molecule has 2 saturated heterocycles. The molecule has 2 heterocycles. The van der Waals surface area contributed by atoms with Crippen LogP contribution < -0.4 is 10.6 Å². The number of amides is 2. The van der Waals surface area contributed by atoms with E-state index in [2.05, 4.69) is 49.6 Å². The number of carbonyl (C=O) groups is 2. The minimum absolute atomic E-state index is 0.0164. The molecule has 1 atom stereocenters. The van der Waals surface area contributed by atoms with Crippen molar-refractivity contribution in [1.29, 1.82) is 0 Å². The van der Waals surface area contributed by atoms with E-state index in [-0.39, 0.29) is 17.9 Å². The van der Waals surface area contributed by atoms with Crippen molar-refractivity contribution in [2.45, 2.75) is 19.2 Å². The molecule has 2 N–H and O–H groups in total. The van der Waals surface area contributed by atoms with E-state index in [0.29, 0.717) is 32.8 Å². The number of carbonyl (C=O) groups excluding carboxylic acids is 2. The lowest BCUT2D eigenvalue weighted by Crippen LogP contribution is -2.52. The van der Waals surface area contributed by atoms with Crippen LogP contribution in [0, 0.1) is 0 Å². The SMILES string of the molecule is O=C(CN1CCN(CC(=O)NCC2CN(Cc3ccccc3)CCO2)CC1)NCc1ccccc1. The summed E-state index contributed by atoms with van der Waals surface area (Å²) in [5, 5.41) is 6.03. The molecule has 8 nitrogen and oxygen atoms in total. The lowest BCUT2D eigenvalue weighted by molar-refractivity contribution is -0.125. The van der Waals surface area contributed by atoms with Crippen molar-refractivity contribution in [1.82, 2.24) is 25.3 Å². The van der Waals surface area contributed by atoms with Gasteiger partial charge in [0.2, 0.25) is 11.8 Å². The van der Waals surface area contributed by atoms with Crippen molar-refractivity contribution in [2.75, 3.05) is 65.5 Å². The van der Waals surface area contributed by atoms with Gasteiger partial charge in [-0.3, -0.25) is 24.3 Å². The van der Waals surface area contributed by atoms with Crippen LogP contribution in [0.25, 0.3) is 0 Å². The summed E-state index contributed by atoms with van der Waals surface area (Å²) in [6.07, 6.45) is 0.0164. The summed E-state index contributed by atoms with van der Waals surface area (Å²) in [6, 6.07) is 20.4. The van der Waals surface area contributed by atoms with Crippen LogP contribution in [0.4, 0.5) is 0 Å². The van der Waals surface area contributed by atoms with Crippen LogP contribution in [0.3, 0.4) is 0 Å². The van der Waals surface area contributed by atoms with Gasteiger partial charge in [-0.2, -0.15) is 0 Å². The van der Waals surface area contributed by atoms with E-state index in [0.717, 1.165) is 51.4 Å². The maximum Gasteiger partial charge on any atom is 0.234 e. The topological polar surface area (TPSA) is 77.2 Å². The first-order chi connectivity index (χ1) is 17.1. The Balaban J connectivity index is 1.09. The number of rotatable bonds is 10. The van der Waals surface area contributed by atoms with Crippen LogP contribution in [0.1, 0.15) is 11.1 Å². The van der Waals surface area contributed by atoms with E-state index in [9.17, 15) is 9.59 Å². The molecule has 2 aromatic rings. The highest BCUT2D eigenvalue weighted by molar-refractivity contribution is 5.78. The highest BCUT2D eigenvalue weighted by atomic mass is 16.5. The predicted molar refractivity (Wildman–Crippen MR) is 136 cm³/mol. The molecule has 35 heavy (non-hydrogen) atoms. The van der Waals surface area contributed by atoms with Crippen LogP contribution in [0.2, 0.25) is 0 Å². The largest absolute Gasteiger partial charge is 0.374 e. The van der Waals surface area contributed by atoms with Crippen molar-refractivity contribution in [3.8, 4) is 0 Å². The number of hydrogen-bond acceptors (Lipinski definition) is 6. The number of morpholine rings is 1. The molecular formula is C27H37N5O3. The van der Waals surface area contributed by atoms with Gasteiger partial charge in [-0.25, -0.2) is 0 Å². The van der Waals surface area contributed by atoms with Crippen molar-refractivity contribution in [3.63, 3.8) is 0 Å². The second-order valence-corrected chi connectivity index (χ2v) is 9.33. The van der Waals surface area contributed by atoms with E-state index >= 15 is 0 Å². The Bertz CT molecular complexity index is 919. The minimum Gasteiger partial charge on any atom is -0.374 e. The third-order valence-electron chi connectivity index (χ3n) is 6.53. The van der Waals surface area contributed by atoms with Gasteiger partial charge in [0.25, 0.3) is 0 Å². The minimum atomic E-state index is 0.0164. The lowest BCUT2D eigenvalue weighted by atomic mass is 10.2. The summed E-state index contributed by atoms with van der Waals surface area (Å²) >= 11 is 0. The number of ether oxygens (including phenoxy) is 1. The van der Waals surface area contributed by atoms with E-state index < -0.39 is 0 Å². The van der Waals surface area contributed by atoms with E-state index in [1.54, 1.807) is 0 Å². The average Bonchev–Trinajstić information content (AvgIpc) is 2.89. The standard InChI is InChI=1S/C27H37N5O3/c33-26(28-17-23-7-3-1-4-8-23)21-30-11-13-31(14-12-30)22-27(34)29-18-25-20-32(15-16-35-25)19-24-9-5-2-6-10-24/h1-10,25H,11-22H2,(H,28,33)(H,29,34). The van der Waals surface area contributed by atoms with Gasteiger partial charge in [0, 0.05) is 58.9 Å². The Kier molecular flexibility index (Phi) is 9.65.